The van der Waals surface area contributed by atoms with Crippen LogP contribution in [0.25, 0.3) is 0 Å². The number of rotatable bonds is 6. The van der Waals surface area contributed by atoms with E-state index < -0.39 is 15.8 Å². The molecule has 1 fully saturated rings. The quantitative estimate of drug-likeness (QED) is 0.117. The minimum absolute atomic E-state index is 0.446. The number of fused-ring (bicyclic) bond motifs is 1. The molecule has 2 aliphatic carbocycles. The van der Waals surface area contributed by atoms with Crippen LogP contribution in [0.1, 0.15) is 0 Å². The summed E-state index contributed by atoms with van der Waals surface area (Å²) in [6.07, 6.45) is 14.7. The molecule has 241 valence electrons. The van der Waals surface area contributed by atoms with Crippen molar-refractivity contribution in [2.24, 2.45) is 0 Å². The Labute approximate surface area is 310 Å². The van der Waals surface area contributed by atoms with Gasteiger partial charge < -0.3 is 0 Å². The first-order valence-corrected chi connectivity index (χ1v) is 20.9. The van der Waals surface area contributed by atoms with Crippen molar-refractivity contribution >= 4 is 57.4 Å². The van der Waals surface area contributed by atoms with Gasteiger partial charge in [-0.15, -0.1) is 0 Å². The van der Waals surface area contributed by atoms with Crippen LogP contribution in [0.3, 0.4) is 0 Å². The molecule has 8 rings (SSSR count). The second-order valence-electron chi connectivity index (χ2n) is 10.8. The number of allylic oxidation sites excluding steroid dienone is 4. The smallest absolute Gasteiger partial charge is 0.0134 e. The van der Waals surface area contributed by atoms with Crippen LogP contribution in [-0.2, 0) is 17.3 Å². The van der Waals surface area contributed by atoms with Crippen LogP contribution in [0.2, 0.25) is 0 Å². The van der Waals surface area contributed by atoms with Crippen molar-refractivity contribution < 1.29 is 17.3 Å². The van der Waals surface area contributed by atoms with Crippen LogP contribution in [0, 0.1) is 31.1 Å². The average molecular weight is 776 g/mol. The van der Waals surface area contributed by atoms with Gasteiger partial charge in [0.1, 0.15) is 0 Å². The maximum absolute atomic E-state index is 4.57. The summed E-state index contributed by atoms with van der Waals surface area (Å²) in [5.74, 6) is 2.66. The van der Waals surface area contributed by atoms with E-state index in [4.69, 9.17) is 0 Å². The zero-order chi connectivity index (χ0) is 33.9. The van der Waals surface area contributed by atoms with E-state index in [1.165, 1.54) is 43.7 Å². The standard InChI is InChI=1S/2C18H15P.C9H7.ClH.Ru/c2*1-4-10-16(11-5-1)19(17-12-6-2-7-13-17)18-14-8-3-9-15-18;1-2-5-9-7-3-6-8(9)4-1;;/h2*1-15H;1-7H;1H;/q;;;;+2/p-1. The molecular formula is C45H37ClP2Ru+. The molecule has 6 aromatic rings. The fraction of sp³-hybridized carbons (Fsp3) is 0. The van der Waals surface area contributed by atoms with Gasteiger partial charge in [0.15, 0.2) is 0 Å². The molecule has 0 unspecified atom stereocenters. The first-order chi connectivity index (χ1) is 24.4. The van der Waals surface area contributed by atoms with Crippen molar-refractivity contribution in [3.63, 3.8) is 0 Å². The second-order valence-corrected chi connectivity index (χ2v) is 15.3. The number of hydrogen-bond acceptors (Lipinski definition) is 0. The predicted molar refractivity (Wildman–Crippen MR) is 214 cm³/mol. The Balaban J connectivity index is 0.000000148. The largest absolute Gasteiger partial charge is 0.0622 e. The second kappa shape index (κ2) is 20.9. The van der Waals surface area contributed by atoms with Gasteiger partial charge >= 0.3 is 27.0 Å². The molecule has 0 amide bonds. The van der Waals surface area contributed by atoms with E-state index in [1.807, 2.05) is 17.3 Å². The number of halogens is 1. The fourth-order valence-corrected chi connectivity index (χ4v) is 10.0. The van der Waals surface area contributed by atoms with E-state index in [2.05, 4.69) is 235 Å². The number of benzene rings is 6. The van der Waals surface area contributed by atoms with Crippen LogP contribution in [0.4, 0.5) is 0 Å². The van der Waals surface area contributed by atoms with E-state index >= 15 is 0 Å². The summed E-state index contributed by atoms with van der Waals surface area (Å²) in [5, 5.41) is 8.39. The van der Waals surface area contributed by atoms with Gasteiger partial charge in [0.2, 0.25) is 0 Å². The Morgan fingerprint density at radius 1 is 0.306 bits per heavy atom. The fourth-order valence-electron chi connectivity index (χ4n) is 5.43. The molecule has 0 N–H and O–H groups in total. The monoisotopic (exact) mass is 776 g/mol. The molecule has 5 radical (unpaired) electrons. The summed E-state index contributed by atoms with van der Waals surface area (Å²) in [6, 6.07) is 64.7. The Bertz CT molecular complexity index is 1480. The maximum atomic E-state index is 4.57. The summed E-state index contributed by atoms with van der Waals surface area (Å²) in [4.78, 5) is 0. The van der Waals surface area contributed by atoms with E-state index in [9.17, 15) is 0 Å². The molecule has 6 aromatic carbocycles. The van der Waals surface area contributed by atoms with Gasteiger partial charge in [-0.25, -0.2) is 0 Å². The molecule has 1 saturated carbocycles. The Hall–Kier alpha value is -3.43. The summed E-state index contributed by atoms with van der Waals surface area (Å²) in [7, 11) is 3.68. The molecule has 2 aliphatic rings. The van der Waals surface area contributed by atoms with Gasteiger partial charge in [-0.1, -0.05) is 206 Å². The van der Waals surface area contributed by atoms with Crippen LogP contribution in [0.15, 0.2) is 206 Å². The third-order valence-corrected chi connectivity index (χ3v) is 12.5. The molecule has 0 bridgehead atoms. The molecule has 0 spiro atoms. The summed E-state index contributed by atoms with van der Waals surface area (Å²) < 4.78 is 0. The van der Waals surface area contributed by atoms with Crippen LogP contribution >= 0.6 is 25.5 Å². The Morgan fingerprint density at radius 3 is 0.714 bits per heavy atom. The van der Waals surface area contributed by atoms with Gasteiger partial charge in [0.25, 0.3) is 0 Å². The average Bonchev–Trinajstić information content (AvgIpc) is 3.68. The van der Waals surface area contributed by atoms with Crippen LogP contribution in [0.5, 0.6) is 0 Å². The zero-order valence-electron chi connectivity index (χ0n) is 27.0. The molecule has 0 nitrogen and oxygen atoms in total. The Morgan fingerprint density at radius 2 is 0.510 bits per heavy atom. The molecule has 49 heavy (non-hydrogen) atoms. The third kappa shape index (κ3) is 11.0. The molecule has 0 aliphatic heterocycles. The van der Waals surface area contributed by atoms with E-state index in [1.54, 1.807) is 0 Å². The van der Waals surface area contributed by atoms with Crippen molar-refractivity contribution in [3.8, 4) is 0 Å². The van der Waals surface area contributed by atoms with E-state index in [0.29, 0.717) is 0 Å². The van der Waals surface area contributed by atoms with Gasteiger partial charge in [0, 0.05) is 11.8 Å². The molecular weight excluding hydrogens is 739 g/mol. The van der Waals surface area contributed by atoms with Gasteiger partial charge in [-0.05, 0) is 66.9 Å². The van der Waals surface area contributed by atoms with Crippen molar-refractivity contribution in [2.45, 2.75) is 0 Å². The SMILES string of the molecule is [CH]1[CH][C]2C=CC=C[C]2[CH]1.[Cl][Ru+].c1ccc(P(c2ccccc2)c2ccccc2)cc1.c1ccc(P(c2ccccc2)c2ccccc2)cc1. The summed E-state index contributed by atoms with van der Waals surface area (Å²) in [6.45, 7) is 0. The predicted octanol–water partition coefficient (Wildman–Crippen LogP) is 9.46. The first-order valence-electron chi connectivity index (χ1n) is 16.0. The third-order valence-electron chi connectivity index (χ3n) is 7.63. The maximum Gasteiger partial charge on any atom is -0.0134 e. The van der Waals surface area contributed by atoms with Crippen molar-refractivity contribution in [1.29, 1.82) is 0 Å². The molecule has 0 heterocycles. The minimum Gasteiger partial charge on any atom is -0.0622 e. The normalized spacial score (nSPS) is 13.3. The van der Waals surface area contributed by atoms with Gasteiger partial charge in [-0.3, -0.25) is 0 Å². The number of hydrogen-bond donors (Lipinski definition) is 0. The van der Waals surface area contributed by atoms with Crippen molar-refractivity contribution in [2.75, 3.05) is 0 Å². The Kier molecular flexibility index (Phi) is 15.7. The molecule has 4 heteroatoms. The molecule has 0 saturated heterocycles. The van der Waals surface area contributed by atoms with Crippen molar-refractivity contribution in [1.82, 2.24) is 0 Å². The van der Waals surface area contributed by atoms with Gasteiger partial charge in [-0.2, -0.15) is 0 Å². The van der Waals surface area contributed by atoms with Crippen molar-refractivity contribution in [3.05, 3.63) is 237 Å². The molecule has 0 atom stereocenters. The first kappa shape index (κ1) is 36.8. The van der Waals surface area contributed by atoms with Gasteiger partial charge in [0.05, 0.1) is 0 Å². The summed E-state index contributed by atoms with van der Waals surface area (Å²) in [5.41, 5.74) is 0. The van der Waals surface area contributed by atoms with Crippen LogP contribution in [-0.4, -0.2) is 0 Å². The zero-order valence-corrected chi connectivity index (χ0v) is 31.3. The topological polar surface area (TPSA) is 0 Å². The summed E-state index contributed by atoms with van der Waals surface area (Å²) >= 11 is 1.82. The van der Waals surface area contributed by atoms with E-state index in [-0.39, 0.29) is 0 Å². The van der Waals surface area contributed by atoms with Crippen LogP contribution < -0.4 is 31.8 Å². The minimum atomic E-state index is -0.446. The molecule has 0 aromatic heterocycles. The van der Waals surface area contributed by atoms with E-state index in [0.717, 1.165) is 0 Å².